The van der Waals surface area contributed by atoms with Crippen molar-refractivity contribution in [2.24, 2.45) is 0 Å². The van der Waals surface area contributed by atoms with Crippen LogP contribution in [-0.2, 0) is 11.2 Å². The number of hydrogen-bond acceptors (Lipinski definition) is 3. The van der Waals surface area contributed by atoms with Crippen molar-refractivity contribution in [3.05, 3.63) is 22.4 Å². The van der Waals surface area contributed by atoms with Gasteiger partial charge in [-0.05, 0) is 61.0 Å². The summed E-state index contributed by atoms with van der Waals surface area (Å²) in [7, 11) is 0. The molecule has 1 aromatic rings. The normalized spacial score (nSPS) is 22.5. The zero-order valence-corrected chi connectivity index (χ0v) is 11.5. The van der Waals surface area contributed by atoms with E-state index in [1.165, 1.54) is 37.7 Å². The molecule has 0 aromatic carbocycles. The molecule has 1 aliphatic heterocycles. The number of likely N-dealkylation sites (N-methyl/N-ethyl adjacent to an activating group) is 1. The molecule has 1 N–H and O–H groups in total. The average Bonchev–Trinajstić information content (AvgIpc) is 2.88. The Balaban J connectivity index is 1.82. The maximum atomic E-state index is 5.90. The van der Waals surface area contributed by atoms with Gasteiger partial charge in [-0.15, -0.1) is 0 Å². The lowest BCUT2D eigenvalue weighted by Gasteiger charge is -2.31. The average molecular weight is 253 g/mol. The highest BCUT2D eigenvalue weighted by molar-refractivity contribution is 7.07. The molecule has 0 spiro atoms. The van der Waals surface area contributed by atoms with Gasteiger partial charge in [0.15, 0.2) is 0 Å². The summed E-state index contributed by atoms with van der Waals surface area (Å²) >= 11 is 1.79. The lowest BCUT2D eigenvalue weighted by atomic mass is 9.97. The first-order valence-electron chi connectivity index (χ1n) is 6.76. The second kappa shape index (κ2) is 7.14. The van der Waals surface area contributed by atoms with Gasteiger partial charge in [-0.3, -0.25) is 0 Å². The highest BCUT2D eigenvalue weighted by Gasteiger charge is 2.23. The van der Waals surface area contributed by atoms with E-state index in [0.717, 1.165) is 13.2 Å². The molecule has 17 heavy (non-hydrogen) atoms. The van der Waals surface area contributed by atoms with Gasteiger partial charge >= 0.3 is 0 Å². The van der Waals surface area contributed by atoms with Crippen LogP contribution in [0, 0.1) is 0 Å². The Morgan fingerprint density at radius 2 is 2.47 bits per heavy atom. The van der Waals surface area contributed by atoms with Gasteiger partial charge in [0.1, 0.15) is 0 Å². The van der Waals surface area contributed by atoms with E-state index in [1.807, 2.05) is 0 Å². The molecule has 96 valence electrons. The summed E-state index contributed by atoms with van der Waals surface area (Å²) in [5.41, 5.74) is 1.47. The number of aryl methyl sites for hydroxylation is 1. The van der Waals surface area contributed by atoms with Crippen LogP contribution in [0.15, 0.2) is 16.8 Å². The van der Waals surface area contributed by atoms with Gasteiger partial charge in [0, 0.05) is 12.6 Å². The lowest BCUT2D eigenvalue weighted by molar-refractivity contribution is -0.00884. The topological polar surface area (TPSA) is 21.3 Å². The first kappa shape index (κ1) is 13.1. The molecule has 3 heteroatoms. The fraction of sp³-hybridized carbons (Fsp3) is 0.714. The van der Waals surface area contributed by atoms with Crippen LogP contribution >= 0.6 is 11.3 Å². The van der Waals surface area contributed by atoms with Crippen molar-refractivity contribution in [2.75, 3.05) is 13.2 Å². The Morgan fingerprint density at radius 3 is 3.12 bits per heavy atom. The van der Waals surface area contributed by atoms with Crippen LogP contribution in [0.4, 0.5) is 0 Å². The molecule has 2 heterocycles. The number of thiophene rings is 1. The van der Waals surface area contributed by atoms with E-state index in [4.69, 9.17) is 4.74 Å². The van der Waals surface area contributed by atoms with Crippen molar-refractivity contribution in [1.82, 2.24) is 5.32 Å². The molecule has 0 saturated carbocycles. The summed E-state index contributed by atoms with van der Waals surface area (Å²) in [5.74, 6) is 0. The molecule has 2 nitrogen and oxygen atoms in total. The highest BCUT2D eigenvalue weighted by atomic mass is 32.1. The third kappa shape index (κ3) is 4.09. The molecule has 0 aliphatic carbocycles. The summed E-state index contributed by atoms with van der Waals surface area (Å²) in [4.78, 5) is 0. The van der Waals surface area contributed by atoms with Gasteiger partial charge in [-0.25, -0.2) is 0 Å². The predicted molar refractivity (Wildman–Crippen MR) is 73.7 cm³/mol. The second-order valence-corrected chi connectivity index (χ2v) is 5.52. The van der Waals surface area contributed by atoms with Crippen molar-refractivity contribution in [3.63, 3.8) is 0 Å². The molecule has 2 atom stereocenters. The zero-order valence-electron chi connectivity index (χ0n) is 10.7. The Bertz CT molecular complexity index is 293. The molecule has 0 bridgehead atoms. The highest BCUT2D eigenvalue weighted by Crippen LogP contribution is 2.19. The smallest absolute Gasteiger partial charge is 0.0728 e. The van der Waals surface area contributed by atoms with Gasteiger partial charge in [0.05, 0.1) is 6.10 Å². The van der Waals surface area contributed by atoms with Crippen molar-refractivity contribution in [3.8, 4) is 0 Å². The molecule has 2 unspecified atom stereocenters. The minimum Gasteiger partial charge on any atom is -0.377 e. The fourth-order valence-electron chi connectivity index (χ4n) is 2.52. The van der Waals surface area contributed by atoms with E-state index in [-0.39, 0.29) is 0 Å². The molecular weight excluding hydrogens is 230 g/mol. The largest absolute Gasteiger partial charge is 0.377 e. The van der Waals surface area contributed by atoms with E-state index in [0.29, 0.717) is 12.1 Å². The molecule has 2 rings (SSSR count). The molecule has 1 fully saturated rings. The molecular formula is C14H23NOS. The maximum Gasteiger partial charge on any atom is 0.0728 e. The second-order valence-electron chi connectivity index (χ2n) is 4.74. The van der Waals surface area contributed by atoms with E-state index in [9.17, 15) is 0 Å². The summed E-state index contributed by atoms with van der Waals surface area (Å²) < 4.78 is 5.90. The van der Waals surface area contributed by atoms with E-state index in [2.05, 4.69) is 29.1 Å². The number of rotatable bonds is 6. The van der Waals surface area contributed by atoms with Gasteiger partial charge < -0.3 is 10.1 Å². The Hall–Kier alpha value is -0.380. The molecule has 0 radical (unpaired) electrons. The van der Waals surface area contributed by atoms with Crippen LogP contribution in [0.3, 0.4) is 0 Å². The molecule has 1 aliphatic rings. The molecule has 1 saturated heterocycles. The SMILES string of the molecule is CCNC(CCc1ccsc1)C1CCCCO1. The molecule has 1 aromatic heterocycles. The first-order valence-corrected chi connectivity index (χ1v) is 7.70. The summed E-state index contributed by atoms with van der Waals surface area (Å²) in [5, 5.41) is 8.01. The Morgan fingerprint density at radius 1 is 1.53 bits per heavy atom. The minimum atomic E-state index is 0.433. The minimum absolute atomic E-state index is 0.433. The summed E-state index contributed by atoms with van der Waals surface area (Å²) in [6.45, 7) is 4.17. The van der Waals surface area contributed by atoms with Crippen molar-refractivity contribution >= 4 is 11.3 Å². The van der Waals surface area contributed by atoms with Crippen LogP contribution in [0.25, 0.3) is 0 Å². The Labute approximate surface area is 108 Å². The standard InChI is InChI=1S/C14H23NOS/c1-2-15-13(14-5-3-4-9-16-14)7-6-12-8-10-17-11-12/h8,10-11,13-15H,2-7,9H2,1H3. The number of hydrogen-bond donors (Lipinski definition) is 1. The third-order valence-corrected chi connectivity index (χ3v) is 4.19. The van der Waals surface area contributed by atoms with Crippen LogP contribution < -0.4 is 5.32 Å². The Kier molecular flexibility index (Phi) is 5.49. The maximum absolute atomic E-state index is 5.90. The zero-order chi connectivity index (χ0) is 11.9. The van der Waals surface area contributed by atoms with Crippen LogP contribution in [0.5, 0.6) is 0 Å². The van der Waals surface area contributed by atoms with Gasteiger partial charge in [-0.2, -0.15) is 11.3 Å². The van der Waals surface area contributed by atoms with E-state index >= 15 is 0 Å². The van der Waals surface area contributed by atoms with Crippen molar-refractivity contribution < 1.29 is 4.74 Å². The first-order chi connectivity index (χ1) is 8.40. The summed E-state index contributed by atoms with van der Waals surface area (Å²) in [6, 6.07) is 2.76. The van der Waals surface area contributed by atoms with Crippen LogP contribution in [0.1, 0.15) is 38.2 Å². The van der Waals surface area contributed by atoms with Crippen molar-refractivity contribution in [2.45, 2.75) is 51.2 Å². The van der Waals surface area contributed by atoms with E-state index < -0.39 is 0 Å². The quantitative estimate of drug-likeness (QED) is 0.840. The van der Waals surface area contributed by atoms with Gasteiger partial charge in [0.25, 0.3) is 0 Å². The fourth-order valence-corrected chi connectivity index (χ4v) is 3.22. The van der Waals surface area contributed by atoms with Gasteiger partial charge in [-0.1, -0.05) is 6.92 Å². The van der Waals surface area contributed by atoms with E-state index in [1.54, 1.807) is 11.3 Å². The predicted octanol–water partition coefficient (Wildman–Crippen LogP) is 3.23. The van der Waals surface area contributed by atoms with Crippen molar-refractivity contribution in [1.29, 1.82) is 0 Å². The number of ether oxygens (including phenoxy) is 1. The third-order valence-electron chi connectivity index (χ3n) is 3.45. The van der Waals surface area contributed by atoms with Crippen LogP contribution in [-0.4, -0.2) is 25.3 Å². The monoisotopic (exact) mass is 253 g/mol. The lowest BCUT2D eigenvalue weighted by Crippen LogP contribution is -2.43. The number of nitrogens with one attached hydrogen (secondary N) is 1. The van der Waals surface area contributed by atoms with Gasteiger partial charge in [0.2, 0.25) is 0 Å². The van der Waals surface area contributed by atoms with Crippen LogP contribution in [0.2, 0.25) is 0 Å². The molecule has 0 amide bonds. The summed E-state index contributed by atoms with van der Waals surface area (Å²) in [6.07, 6.45) is 6.57.